The lowest BCUT2D eigenvalue weighted by atomic mass is 9.97. The predicted molar refractivity (Wildman–Crippen MR) is 68.2 cm³/mol. The van der Waals surface area contributed by atoms with Crippen molar-refractivity contribution >= 4 is 17.3 Å². The molecule has 17 heavy (non-hydrogen) atoms. The Morgan fingerprint density at radius 3 is 2.65 bits per heavy atom. The molecule has 0 aliphatic heterocycles. The van der Waals surface area contributed by atoms with Crippen molar-refractivity contribution in [2.24, 2.45) is 5.92 Å². The molecule has 0 aromatic heterocycles. The molecule has 2 rings (SSSR count). The van der Waals surface area contributed by atoms with Crippen LogP contribution < -0.4 is 11.1 Å². The van der Waals surface area contributed by atoms with E-state index in [1.807, 2.05) is 0 Å². The van der Waals surface area contributed by atoms with Crippen molar-refractivity contribution in [3.05, 3.63) is 23.8 Å². The van der Waals surface area contributed by atoms with Crippen LogP contribution in [0.1, 0.15) is 37.0 Å². The smallest absolute Gasteiger partial charge is 0.337 e. The van der Waals surface area contributed by atoms with E-state index in [9.17, 15) is 4.79 Å². The van der Waals surface area contributed by atoms with E-state index in [0.717, 1.165) is 0 Å². The molecule has 1 aliphatic rings. The SMILES string of the molecule is CC(C)(Nc1cc(N)ccc1C(=O)O)C1CC1. The van der Waals surface area contributed by atoms with Crippen molar-refractivity contribution in [1.82, 2.24) is 0 Å². The number of nitrogens with one attached hydrogen (secondary N) is 1. The fraction of sp³-hybridized carbons (Fsp3) is 0.462. The Morgan fingerprint density at radius 1 is 1.47 bits per heavy atom. The lowest BCUT2D eigenvalue weighted by molar-refractivity contribution is 0.0698. The number of hydrogen-bond donors (Lipinski definition) is 3. The summed E-state index contributed by atoms with van der Waals surface area (Å²) < 4.78 is 0. The van der Waals surface area contributed by atoms with Crippen molar-refractivity contribution in [2.45, 2.75) is 32.2 Å². The van der Waals surface area contributed by atoms with Gasteiger partial charge >= 0.3 is 5.97 Å². The van der Waals surface area contributed by atoms with Crippen molar-refractivity contribution in [2.75, 3.05) is 11.1 Å². The van der Waals surface area contributed by atoms with E-state index in [-0.39, 0.29) is 11.1 Å². The van der Waals surface area contributed by atoms with E-state index in [1.165, 1.54) is 12.8 Å². The molecular weight excluding hydrogens is 216 g/mol. The molecule has 0 saturated heterocycles. The first-order chi connectivity index (χ1) is 7.90. The fourth-order valence-corrected chi connectivity index (χ4v) is 2.11. The molecule has 0 unspecified atom stereocenters. The number of benzene rings is 1. The second-order valence-corrected chi connectivity index (χ2v) is 5.23. The molecule has 1 saturated carbocycles. The zero-order chi connectivity index (χ0) is 12.6. The summed E-state index contributed by atoms with van der Waals surface area (Å²) in [7, 11) is 0. The van der Waals surface area contributed by atoms with Crippen LogP contribution in [-0.4, -0.2) is 16.6 Å². The van der Waals surface area contributed by atoms with Gasteiger partial charge in [-0.2, -0.15) is 0 Å². The Bertz CT molecular complexity index is 451. The number of aromatic carboxylic acids is 1. The Kier molecular flexibility index (Phi) is 2.73. The summed E-state index contributed by atoms with van der Waals surface area (Å²) in [4.78, 5) is 11.1. The molecule has 1 aromatic carbocycles. The summed E-state index contributed by atoms with van der Waals surface area (Å²) in [5.74, 6) is -0.315. The standard InChI is InChI=1S/C13H18N2O2/c1-13(2,8-3-4-8)15-11-7-9(14)5-6-10(11)12(16)17/h5-8,15H,3-4,14H2,1-2H3,(H,16,17). The van der Waals surface area contributed by atoms with Crippen LogP contribution in [0.3, 0.4) is 0 Å². The second kappa shape index (κ2) is 3.95. The molecular formula is C13H18N2O2. The molecule has 0 spiro atoms. The number of anilines is 2. The van der Waals surface area contributed by atoms with Gasteiger partial charge in [0.2, 0.25) is 0 Å². The van der Waals surface area contributed by atoms with Gasteiger partial charge in [0.1, 0.15) is 0 Å². The molecule has 0 radical (unpaired) electrons. The monoisotopic (exact) mass is 234 g/mol. The van der Waals surface area contributed by atoms with E-state index in [0.29, 0.717) is 17.3 Å². The lowest BCUT2D eigenvalue weighted by Gasteiger charge is -2.28. The maximum Gasteiger partial charge on any atom is 0.337 e. The molecule has 4 heteroatoms. The summed E-state index contributed by atoms with van der Waals surface area (Å²) in [6, 6.07) is 4.84. The summed E-state index contributed by atoms with van der Waals surface area (Å²) in [6.45, 7) is 4.19. The largest absolute Gasteiger partial charge is 0.478 e. The number of hydrogen-bond acceptors (Lipinski definition) is 3. The predicted octanol–water partition coefficient (Wildman–Crippen LogP) is 2.57. The molecule has 4 nitrogen and oxygen atoms in total. The van der Waals surface area contributed by atoms with Crippen LogP contribution in [0.4, 0.5) is 11.4 Å². The zero-order valence-corrected chi connectivity index (χ0v) is 10.2. The van der Waals surface area contributed by atoms with Crippen molar-refractivity contribution in [3.8, 4) is 0 Å². The first-order valence-electron chi connectivity index (χ1n) is 5.81. The van der Waals surface area contributed by atoms with Gasteiger partial charge in [0.25, 0.3) is 0 Å². The fourth-order valence-electron chi connectivity index (χ4n) is 2.11. The summed E-state index contributed by atoms with van der Waals surface area (Å²) in [5, 5.41) is 12.4. The average Bonchev–Trinajstić information content (AvgIpc) is 2.99. The number of nitrogen functional groups attached to an aromatic ring is 1. The average molecular weight is 234 g/mol. The van der Waals surface area contributed by atoms with Crippen LogP contribution in [0.15, 0.2) is 18.2 Å². The van der Waals surface area contributed by atoms with Crippen LogP contribution in [0.25, 0.3) is 0 Å². The van der Waals surface area contributed by atoms with Gasteiger partial charge in [-0.25, -0.2) is 4.79 Å². The Balaban J connectivity index is 2.30. The van der Waals surface area contributed by atoms with Crippen molar-refractivity contribution < 1.29 is 9.90 Å². The molecule has 4 N–H and O–H groups in total. The van der Waals surface area contributed by atoms with Gasteiger partial charge in [-0.1, -0.05) is 0 Å². The third kappa shape index (κ3) is 2.52. The van der Waals surface area contributed by atoms with Crippen LogP contribution in [0.5, 0.6) is 0 Å². The molecule has 0 amide bonds. The second-order valence-electron chi connectivity index (χ2n) is 5.23. The highest BCUT2D eigenvalue weighted by Crippen LogP contribution is 2.41. The minimum Gasteiger partial charge on any atom is -0.478 e. The molecule has 1 aliphatic carbocycles. The molecule has 1 fully saturated rings. The van der Waals surface area contributed by atoms with Gasteiger partial charge in [-0.05, 0) is 50.8 Å². The Morgan fingerprint density at radius 2 is 2.12 bits per heavy atom. The maximum atomic E-state index is 11.1. The Labute approximate surface area is 101 Å². The highest BCUT2D eigenvalue weighted by molar-refractivity contribution is 5.95. The van der Waals surface area contributed by atoms with E-state index in [2.05, 4.69) is 19.2 Å². The normalized spacial score (nSPS) is 15.6. The highest BCUT2D eigenvalue weighted by atomic mass is 16.4. The van der Waals surface area contributed by atoms with Crippen LogP contribution >= 0.6 is 0 Å². The first-order valence-corrected chi connectivity index (χ1v) is 5.81. The topological polar surface area (TPSA) is 75.3 Å². The number of carboxylic acids is 1. The molecule has 0 heterocycles. The molecule has 0 bridgehead atoms. The minimum atomic E-state index is -0.931. The minimum absolute atomic E-state index is 0.0853. The number of carbonyl (C=O) groups is 1. The van der Waals surface area contributed by atoms with Gasteiger partial charge < -0.3 is 16.2 Å². The van der Waals surface area contributed by atoms with Gasteiger partial charge in [-0.15, -0.1) is 0 Å². The van der Waals surface area contributed by atoms with Gasteiger partial charge in [0.15, 0.2) is 0 Å². The summed E-state index contributed by atoms with van der Waals surface area (Å²) in [5.41, 5.74) is 7.07. The third-order valence-corrected chi connectivity index (χ3v) is 3.33. The zero-order valence-electron chi connectivity index (χ0n) is 10.2. The van der Waals surface area contributed by atoms with Gasteiger partial charge in [-0.3, -0.25) is 0 Å². The first kappa shape index (κ1) is 11.8. The number of nitrogens with two attached hydrogens (primary N) is 1. The van der Waals surface area contributed by atoms with E-state index < -0.39 is 5.97 Å². The molecule has 1 aromatic rings. The summed E-state index contributed by atoms with van der Waals surface area (Å²) >= 11 is 0. The van der Waals surface area contributed by atoms with Gasteiger partial charge in [0, 0.05) is 11.2 Å². The number of rotatable bonds is 4. The molecule has 92 valence electrons. The van der Waals surface area contributed by atoms with Crippen LogP contribution in [-0.2, 0) is 0 Å². The van der Waals surface area contributed by atoms with E-state index in [4.69, 9.17) is 10.8 Å². The van der Waals surface area contributed by atoms with Crippen LogP contribution in [0.2, 0.25) is 0 Å². The van der Waals surface area contributed by atoms with Crippen LogP contribution in [0, 0.1) is 5.92 Å². The quantitative estimate of drug-likeness (QED) is 0.700. The third-order valence-electron chi connectivity index (χ3n) is 3.33. The van der Waals surface area contributed by atoms with Crippen molar-refractivity contribution in [3.63, 3.8) is 0 Å². The van der Waals surface area contributed by atoms with Gasteiger partial charge in [0.05, 0.1) is 11.3 Å². The van der Waals surface area contributed by atoms with E-state index in [1.54, 1.807) is 18.2 Å². The summed E-state index contributed by atoms with van der Waals surface area (Å²) in [6.07, 6.45) is 2.40. The maximum absolute atomic E-state index is 11.1. The van der Waals surface area contributed by atoms with Crippen molar-refractivity contribution in [1.29, 1.82) is 0 Å². The highest BCUT2D eigenvalue weighted by Gasteiger charge is 2.38. The van der Waals surface area contributed by atoms with E-state index >= 15 is 0 Å². The molecule has 0 atom stereocenters. The Hall–Kier alpha value is -1.71. The number of carboxylic acid groups (broad SMARTS) is 1. The lowest BCUT2D eigenvalue weighted by Crippen LogP contribution is -2.34.